The molecule has 1 aliphatic heterocycles. The molecular weight excluding hydrogens is 214 g/mol. The van der Waals surface area contributed by atoms with Gasteiger partial charge in [0.25, 0.3) is 0 Å². The maximum absolute atomic E-state index is 5.72. The summed E-state index contributed by atoms with van der Waals surface area (Å²) in [6, 6.07) is 0.363. The Kier molecular flexibility index (Phi) is 3.26. The van der Waals surface area contributed by atoms with Gasteiger partial charge in [0, 0.05) is 30.1 Å². The molecule has 0 aliphatic carbocycles. The van der Waals surface area contributed by atoms with Gasteiger partial charge in [0.15, 0.2) is 0 Å². The molecule has 0 fully saturated rings. The second-order valence-corrected chi connectivity index (χ2v) is 4.69. The topological polar surface area (TPSA) is 68.6 Å². The highest BCUT2D eigenvalue weighted by molar-refractivity contribution is 6.05. The summed E-state index contributed by atoms with van der Waals surface area (Å²) in [5, 5.41) is 12.6. The van der Waals surface area contributed by atoms with Crippen molar-refractivity contribution in [1.29, 1.82) is 0 Å². The Hall–Kier alpha value is -1.65. The maximum Gasteiger partial charge on any atom is 0.123 e. The van der Waals surface area contributed by atoms with Crippen LogP contribution in [0.4, 0.5) is 0 Å². The van der Waals surface area contributed by atoms with Crippen molar-refractivity contribution >= 4 is 11.5 Å². The molecule has 17 heavy (non-hydrogen) atoms. The van der Waals surface area contributed by atoms with Crippen LogP contribution in [-0.2, 0) is 0 Å². The van der Waals surface area contributed by atoms with Gasteiger partial charge in [0.2, 0.25) is 0 Å². The van der Waals surface area contributed by atoms with E-state index in [0.29, 0.717) is 17.8 Å². The molecular formula is C12H19N5. The summed E-state index contributed by atoms with van der Waals surface area (Å²) in [5.74, 6) is 0.981. The first kappa shape index (κ1) is 11.8. The molecule has 1 aliphatic rings. The van der Waals surface area contributed by atoms with E-state index in [1.54, 1.807) is 0 Å². The highest BCUT2D eigenvalue weighted by Crippen LogP contribution is 2.21. The minimum atomic E-state index is 0.359. The van der Waals surface area contributed by atoms with Crippen molar-refractivity contribution in [2.75, 3.05) is 0 Å². The Bertz CT molecular complexity index is 455. The van der Waals surface area contributed by atoms with Crippen molar-refractivity contribution in [3.05, 3.63) is 18.0 Å². The highest BCUT2D eigenvalue weighted by Gasteiger charge is 2.22. The van der Waals surface area contributed by atoms with Crippen molar-refractivity contribution in [2.45, 2.75) is 39.7 Å². The molecule has 0 saturated heterocycles. The SMILES string of the molecule is CCC1CC(N)=NN=C1c1cnn(C(C)C)c1. The summed E-state index contributed by atoms with van der Waals surface area (Å²) in [7, 11) is 0. The van der Waals surface area contributed by atoms with E-state index in [4.69, 9.17) is 5.73 Å². The molecule has 0 amide bonds. The third kappa shape index (κ3) is 2.38. The van der Waals surface area contributed by atoms with Crippen molar-refractivity contribution in [3.8, 4) is 0 Å². The van der Waals surface area contributed by atoms with Gasteiger partial charge in [0.05, 0.1) is 11.9 Å². The van der Waals surface area contributed by atoms with E-state index in [-0.39, 0.29) is 0 Å². The van der Waals surface area contributed by atoms with E-state index < -0.39 is 0 Å². The second kappa shape index (κ2) is 4.69. The largest absolute Gasteiger partial charge is 0.386 e. The summed E-state index contributed by atoms with van der Waals surface area (Å²) in [6.45, 7) is 6.35. The van der Waals surface area contributed by atoms with E-state index in [1.807, 2.05) is 17.1 Å². The zero-order valence-corrected chi connectivity index (χ0v) is 10.6. The molecule has 92 valence electrons. The predicted octanol–water partition coefficient (Wildman–Crippen LogP) is 1.96. The minimum Gasteiger partial charge on any atom is -0.386 e. The van der Waals surface area contributed by atoms with E-state index in [0.717, 1.165) is 24.1 Å². The van der Waals surface area contributed by atoms with Crippen LogP contribution in [-0.4, -0.2) is 21.3 Å². The van der Waals surface area contributed by atoms with E-state index in [9.17, 15) is 0 Å². The average molecular weight is 233 g/mol. The number of amidine groups is 1. The smallest absolute Gasteiger partial charge is 0.123 e. The molecule has 0 bridgehead atoms. The molecule has 0 saturated carbocycles. The average Bonchev–Trinajstić information content (AvgIpc) is 2.78. The lowest BCUT2D eigenvalue weighted by Crippen LogP contribution is -2.26. The lowest BCUT2D eigenvalue weighted by atomic mass is 9.92. The zero-order valence-electron chi connectivity index (χ0n) is 10.6. The molecule has 0 spiro atoms. The first-order valence-corrected chi connectivity index (χ1v) is 6.06. The summed E-state index contributed by atoms with van der Waals surface area (Å²) in [4.78, 5) is 0. The summed E-state index contributed by atoms with van der Waals surface area (Å²) in [5.41, 5.74) is 7.78. The highest BCUT2D eigenvalue weighted by atomic mass is 15.3. The van der Waals surface area contributed by atoms with Crippen LogP contribution in [0.2, 0.25) is 0 Å². The first-order chi connectivity index (χ1) is 8.11. The standard InChI is InChI=1S/C12H19N5/c1-4-9-5-11(13)15-16-12(9)10-6-14-17(7-10)8(2)3/h6-9H,4-5H2,1-3H3,(H2,13,15). The van der Waals surface area contributed by atoms with Gasteiger partial charge < -0.3 is 5.73 Å². The number of hydrogen-bond acceptors (Lipinski definition) is 4. The monoisotopic (exact) mass is 233 g/mol. The van der Waals surface area contributed by atoms with Crippen LogP contribution in [0, 0.1) is 5.92 Å². The third-order valence-corrected chi connectivity index (χ3v) is 3.05. The molecule has 1 atom stereocenters. The number of aromatic nitrogens is 2. The molecule has 2 rings (SSSR count). The fourth-order valence-corrected chi connectivity index (χ4v) is 1.97. The molecule has 0 aromatic carbocycles. The van der Waals surface area contributed by atoms with E-state index >= 15 is 0 Å². The van der Waals surface area contributed by atoms with E-state index in [1.165, 1.54) is 0 Å². The Morgan fingerprint density at radius 1 is 1.47 bits per heavy atom. The quantitative estimate of drug-likeness (QED) is 0.867. The molecule has 2 heterocycles. The number of nitrogens with zero attached hydrogens (tertiary/aromatic N) is 4. The van der Waals surface area contributed by atoms with Crippen molar-refractivity contribution in [2.24, 2.45) is 21.9 Å². The fraction of sp³-hybridized carbons (Fsp3) is 0.583. The molecule has 1 aromatic heterocycles. The maximum atomic E-state index is 5.72. The van der Waals surface area contributed by atoms with Crippen molar-refractivity contribution in [3.63, 3.8) is 0 Å². The Morgan fingerprint density at radius 2 is 2.24 bits per heavy atom. The third-order valence-electron chi connectivity index (χ3n) is 3.05. The lowest BCUT2D eigenvalue weighted by Gasteiger charge is -2.18. The van der Waals surface area contributed by atoms with Gasteiger partial charge in [-0.05, 0) is 20.3 Å². The van der Waals surface area contributed by atoms with Gasteiger partial charge in [-0.15, -0.1) is 5.10 Å². The van der Waals surface area contributed by atoms with Crippen LogP contribution in [0.1, 0.15) is 45.2 Å². The number of hydrogen-bond donors (Lipinski definition) is 1. The van der Waals surface area contributed by atoms with Gasteiger partial charge in [-0.3, -0.25) is 4.68 Å². The summed E-state index contributed by atoms with van der Waals surface area (Å²) < 4.78 is 1.94. The zero-order chi connectivity index (χ0) is 12.4. The molecule has 0 radical (unpaired) electrons. The van der Waals surface area contributed by atoms with Crippen LogP contribution in [0.25, 0.3) is 0 Å². The second-order valence-electron chi connectivity index (χ2n) is 4.69. The molecule has 2 N–H and O–H groups in total. The summed E-state index contributed by atoms with van der Waals surface area (Å²) in [6.07, 6.45) is 5.70. The minimum absolute atomic E-state index is 0.359. The van der Waals surface area contributed by atoms with Gasteiger partial charge in [0.1, 0.15) is 5.84 Å². The van der Waals surface area contributed by atoms with Gasteiger partial charge in [-0.25, -0.2) is 0 Å². The number of nitrogens with two attached hydrogens (primary N) is 1. The van der Waals surface area contributed by atoms with Crippen molar-refractivity contribution in [1.82, 2.24) is 9.78 Å². The predicted molar refractivity (Wildman–Crippen MR) is 69.2 cm³/mol. The van der Waals surface area contributed by atoms with Crippen LogP contribution in [0.3, 0.4) is 0 Å². The van der Waals surface area contributed by atoms with Gasteiger partial charge in [-0.2, -0.15) is 10.2 Å². The first-order valence-electron chi connectivity index (χ1n) is 6.06. The Morgan fingerprint density at radius 3 is 2.82 bits per heavy atom. The Labute approximate surface area is 101 Å². The van der Waals surface area contributed by atoms with Crippen LogP contribution >= 0.6 is 0 Å². The molecule has 5 heteroatoms. The van der Waals surface area contributed by atoms with Gasteiger partial charge in [-0.1, -0.05) is 6.92 Å². The molecule has 1 unspecified atom stereocenters. The van der Waals surface area contributed by atoms with E-state index in [2.05, 4.69) is 36.1 Å². The number of rotatable bonds is 3. The fourth-order valence-electron chi connectivity index (χ4n) is 1.97. The van der Waals surface area contributed by atoms with Crippen LogP contribution in [0.15, 0.2) is 22.6 Å². The molecule has 1 aromatic rings. The van der Waals surface area contributed by atoms with Crippen LogP contribution < -0.4 is 5.73 Å². The van der Waals surface area contributed by atoms with Gasteiger partial charge >= 0.3 is 0 Å². The van der Waals surface area contributed by atoms with Crippen molar-refractivity contribution < 1.29 is 0 Å². The normalized spacial score (nSPS) is 20.4. The molecule has 5 nitrogen and oxygen atoms in total. The van der Waals surface area contributed by atoms with Crippen LogP contribution in [0.5, 0.6) is 0 Å². The summed E-state index contributed by atoms with van der Waals surface area (Å²) >= 11 is 0. The Balaban J connectivity index is 2.31. The lowest BCUT2D eigenvalue weighted by molar-refractivity contribution is 0.532.